The van der Waals surface area contributed by atoms with Crippen LogP contribution in [0.25, 0.3) is 11.3 Å². The molecule has 2 aliphatic rings. The van der Waals surface area contributed by atoms with E-state index in [0.29, 0.717) is 5.56 Å². The number of nitrogens with one attached hydrogen (secondary N) is 2. The van der Waals surface area contributed by atoms with Crippen molar-refractivity contribution < 1.29 is 19.4 Å². The van der Waals surface area contributed by atoms with Crippen LogP contribution in [0.1, 0.15) is 22.0 Å². The molecule has 0 aliphatic carbocycles. The topological polar surface area (TPSA) is 126 Å². The molecule has 1 amide bonds. The third-order valence-corrected chi connectivity index (χ3v) is 3.57. The maximum Gasteiger partial charge on any atom is 0.341 e. The van der Waals surface area contributed by atoms with Crippen molar-refractivity contribution in [3.05, 3.63) is 64.2 Å². The second-order valence-electron chi connectivity index (χ2n) is 5.18. The number of aliphatic hydroxyl groups excluding tert-OH is 1. The fourth-order valence-electron chi connectivity index (χ4n) is 2.34. The van der Waals surface area contributed by atoms with E-state index < -0.39 is 23.5 Å². The van der Waals surface area contributed by atoms with Crippen molar-refractivity contribution in [2.45, 2.75) is 6.10 Å². The minimum Gasteiger partial charge on any atom is -0.465 e. The molecule has 0 aromatic heterocycles. The first-order valence-corrected chi connectivity index (χ1v) is 7.24. The summed E-state index contributed by atoms with van der Waals surface area (Å²) in [7, 11) is 1.19. The van der Waals surface area contributed by atoms with Crippen molar-refractivity contribution in [1.82, 2.24) is 14.9 Å². The molecular weight excluding hydrogens is 328 g/mol. The number of ether oxygens (including phenoxy) is 1. The maximum absolute atomic E-state index is 12.2. The number of amides is 1. The molecule has 2 aliphatic heterocycles. The van der Waals surface area contributed by atoms with Gasteiger partial charge < -0.3 is 9.84 Å². The molecule has 0 bridgehead atoms. The van der Waals surface area contributed by atoms with Crippen LogP contribution >= 0.6 is 0 Å². The maximum atomic E-state index is 12.2. The molecule has 9 nitrogen and oxygen atoms in total. The van der Waals surface area contributed by atoms with Crippen LogP contribution in [-0.4, -0.2) is 39.0 Å². The summed E-state index contributed by atoms with van der Waals surface area (Å²) >= 11 is 0. The highest BCUT2D eigenvalue weighted by Gasteiger charge is 2.23. The number of carbonyl (C=O) groups is 2. The fourth-order valence-corrected chi connectivity index (χ4v) is 2.34. The number of benzene rings is 1. The number of rotatable bonds is 4. The number of nitrogens with zero attached hydrogens (tertiary/aromatic N) is 2. The third-order valence-electron chi connectivity index (χ3n) is 3.57. The molecule has 0 saturated carbocycles. The number of esters is 1. The van der Waals surface area contributed by atoms with Crippen LogP contribution < -0.4 is 11.0 Å². The molecular formula is C16H14N4O5. The van der Waals surface area contributed by atoms with Crippen LogP contribution in [0.2, 0.25) is 0 Å². The van der Waals surface area contributed by atoms with Gasteiger partial charge in [-0.2, -0.15) is 5.10 Å². The lowest BCUT2D eigenvalue weighted by molar-refractivity contribution is -0.125. The molecule has 0 spiro atoms. The highest BCUT2D eigenvalue weighted by atomic mass is 16.5. The lowest BCUT2D eigenvalue weighted by Gasteiger charge is -2.15. The summed E-state index contributed by atoms with van der Waals surface area (Å²) in [6.45, 7) is 0. The Bertz CT molecular complexity index is 947. The van der Waals surface area contributed by atoms with Gasteiger partial charge in [-0.25, -0.2) is 9.89 Å². The summed E-state index contributed by atoms with van der Waals surface area (Å²) in [6.07, 6.45) is 1.13. The van der Waals surface area contributed by atoms with Gasteiger partial charge in [0.15, 0.2) is 6.10 Å². The molecule has 1 unspecified atom stereocenters. The van der Waals surface area contributed by atoms with Crippen LogP contribution in [0.5, 0.6) is 0 Å². The molecule has 128 valence electrons. The third kappa shape index (κ3) is 3.12. The number of fused-ring (bicyclic) bond motifs is 1. The SMILES string of the molecule is COC(=O)c1cn(NC(=O)C(O)c2ccccc2)cc2c(=O)[nH]nc1-2. The van der Waals surface area contributed by atoms with Crippen molar-refractivity contribution in [1.29, 1.82) is 0 Å². The predicted molar refractivity (Wildman–Crippen MR) is 86.6 cm³/mol. The van der Waals surface area contributed by atoms with E-state index in [4.69, 9.17) is 0 Å². The van der Waals surface area contributed by atoms with Gasteiger partial charge in [-0.05, 0) is 5.56 Å². The summed E-state index contributed by atoms with van der Waals surface area (Å²) in [5, 5.41) is 16.1. The molecule has 0 fully saturated rings. The summed E-state index contributed by atoms with van der Waals surface area (Å²) < 4.78 is 5.77. The van der Waals surface area contributed by atoms with Crippen LogP contribution in [0, 0.1) is 0 Å². The number of H-pyrrole nitrogens is 1. The normalized spacial score (nSPS) is 11.9. The summed E-state index contributed by atoms with van der Waals surface area (Å²) in [6, 6.07) is 8.34. The molecule has 25 heavy (non-hydrogen) atoms. The molecule has 3 rings (SSSR count). The Morgan fingerprint density at radius 2 is 2.00 bits per heavy atom. The lowest BCUT2D eigenvalue weighted by Crippen LogP contribution is -2.29. The van der Waals surface area contributed by atoms with Crippen LogP contribution in [0.15, 0.2) is 47.5 Å². The Kier molecular flexibility index (Phi) is 4.31. The highest BCUT2D eigenvalue weighted by molar-refractivity contribution is 5.96. The Labute approximate surface area is 141 Å². The van der Waals surface area contributed by atoms with Gasteiger partial charge in [0, 0.05) is 12.4 Å². The standard InChI is InChI=1S/C16H14N4O5/c1-25-16(24)11-8-20(7-10-12(11)17-18-14(10)22)19-15(23)13(21)9-5-3-2-4-6-9/h2-8,13,21H,1H3,(H,18,22)(H,19,23). The zero-order valence-electron chi connectivity index (χ0n) is 13.1. The first kappa shape index (κ1) is 16.4. The number of pyridine rings is 1. The Morgan fingerprint density at radius 3 is 2.68 bits per heavy atom. The van der Waals surface area contributed by atoms with E-state index >= 15 is 0 Å². The first-order chi connectivity index (χ1) is 12.0. The second kappa shape index (κ2) is 6.57. The van der Waals surface area contributed by atoms with Crippen molar-refractivity contribution >= 4 is 11.9 Å². The van der Waals surface area contributed by atoms with E-state index in [1.54, 1.807) is 30.3 Å². The monoisotopic (exact) mass is 342 g/mol. The largest absolute Gasteiger partial charge is 0.465 e. The molecule has 0 radical (unpaired) electrons. The van der Waals surface area contributed by atoms with E-state index in [1.165, 1.54) is 19.5 Å². The minimum atomic E-state index is -1.41. The van der Waals surface area contributed by atoms with E-state index in [2.05, 4.69) is 20.4 Å². The number of aromatic amines is 1. The fraction of sp³-hybridized carbons (Fsp3) is 0.125. The highest BCUT2D eigenvalue weighted by Crippen LogP contribution is 2.20. The van der Waals surface area contributed by atoms with E-state index in [1.807, 2.05) is 0 Å². The number of aliphatic hydroxyl groups is 1. The Morgan fingerprint density at radius 1 is 1.28 bits per heavy atom. The van der Waals surface area contributed by atoms with Crippen molar-refractivity contribution in [3.63, 3.8) is 0 Å². The average Bonchev–Trinajstić information content (AvgIpc) is 3.01. The van der Waals surface area contributed by atoms with E-state index in [-0.39, 0.29) is 16.8 Å². The number of carbonyl (C=O) groups excluding carboxylic acids is 2. The van der Waals surface area contributed by atoms with Crippen molar-refractivity contribution in [3.8, 4) is 11.3 Å². The lowest BCUT2D eigenvalue weighted by atomic mass is 10.1. The van der Waals surface area contributed by atoms with Crippen LogP contribution in [0.4, 0.5) is 0 Å². The summed E-state index contributed by atoms with van der Waals surface area (Å²) in [5.41, 5.74) is 2.51. The smallest absolute Gasteiger partial charge is 0.341 e. The number of aromatic nitrogens is 3. The van der Waals surface area contributed by atoms with E-state index in [9.17, 15) is 19.5 Å². The molecule has 2 heterocycles. The quantitative estimate of drug-likeness (QED) is 0.584. The zero-order valence-corrected chi connectivity index (χ0v) is 13.1. The number of hydrogen-bond donors (Lipinski definition) is 3. The summed E-state index contributed by atoms with van der Waals surface area (Å²) in [4.78, 5) is 35.9. The van der Waals surface area contributed by atoms with Gasteiger partial charge in [-0.3, -0.25) is 19.7 Å². The van der Waals surface area contributed by atoms with Crippen LogP contribution in [-0.2, 0) is 9.53 Å². The Balaban J connectivity index is 1.94. The minimum absolute atomic E-state index is 0.00662. The molecule has 0 saturated heterocycles. The van der Waals surface area contributed by atoms with Gasteiger partial charge in [-0.15, -0.1) is 0 Å². The Hall–Kier alpha value is -3.46. The molecule has 3 N–H and O–H groups in total. The van der Waals surface area contributed by atoms with Crippen LogP contribution in [0.3, 0.4) is 0 Å². The first-order valence-electron chi connectivity index (χ1n) is 7.24. The van der Waals surface area contributed by atoms with Gasteiger partial charge in [0.1, 0.15) is 11.3 Å². The van der Waals surface area contributed by atoms with Crippen molar-refractivity contribution in [2.24, 2.45) is 0 Å². The number of methoxy groups -OCH3 is 1. The van der Waals surface area contributed by atoms with Gasteiger partial charge in [0.2, 0.25) is 0 Å². The van der Waals surface area contributed by atoms with Gasteiger partial charge in [-0.1, -0.05) is 30.3 Å². The molecule has 1 aromatic rings. The zero-order chi connectivity index (χ0) is 18.0. The van der Waals surface area contributed by atoms with Gasteiger partial charge in [0.05, 0.1) is 12.7 Å². The summed E-state index contributed by atoms with van der Waals surface area (Å²) in [5.74, 6) is -1.45. The van der Waals surface area contributed by atoms with E-state index in [0.717, 1.165) is 4.68 Å². The second-order valence-corrected chi connectivity index (χ2v) is 5.18. The number of hydrogen-bond acceptors (Lipinski definition) is 6. The van der Waals surface area contributed by atoms with Gasteiger partial charge in [0.25, 0.3) is 11.5 Å². The van der Waals surface area contributed by atoms with Gasteiger partial charge >= 0.3 is 5.97 Å². The molecule has 1 atom stereocenters. The molecule has 9 heteroatoms. The average molecular weight is 342 g/mol. The van der Waals surface area contributed by atoms with Crippen molar-refractivity contribution in [2.75, 3.05) is 12.5 Å². The molecule has 1 aromatic carbocycles. The predicted octanol–water partition coefficient (Wildman–Crippen LogP) is 0.266.